The Balaban J connectivity index is 1.78. The lowest BCUT2D eigenvalue weighted by atomic mass is 10.1. The third-order valence-electron chi connectivity index (χ3n) is 3.97. The normalized spacial score (nSPS) is 14.7. The van der Waals surface area contributed by atoms with Gasteiger partial charge in [-0.2, -0.15) is 0 Å². The van der Waals surface area contributed by atoms with E-state index in [2.05, 4.69) is 4.90 Å². The summed E-state index contributed by atoms with van der Waals surface area (Å²) in [4.78, 5) is 21.0. The van der Waals surface area contributed by atoms with Gasteiger partial charge in [-0.1, -0.05) is 17.4 Å². The number of hydrogen-bond acceptors (Lipinski definition) is 6. The van der Waals surface area contributed by atoms with Crippen LogP contribution >= 0.6 is 22.7 Å². The molecule has 3 aromatic rings. The predicted octanol–water partition coefficient (Wildman–Crippen LogP) is 4.08. The number of halogens is 1. The van der Waals surface area contributed by atoms with Crippen molar-refractivity contribution in [3.8, 4) is 11.3 Å². The van der Waals surface area contributed by atoms with E-state index in [1.165, 1.54) is 34.8 Å². The molecule has 0 unspecified atom stereocenters. The van der Waals surface area contributed by atoms with E-state index in [4.69, 9.17) is 9.72 Å². The first-order valence-electron chi connectivity index (χ1n) is 7.90. The van der Waals surface area contributed by atoms with Gasteiger partial charge in [-0.05, 0) is 35.7 Å². The summed E-state index contributed by atoms with van der Waals surface area (Å²) in [6, 6.07) is 9.79. The third-order valence-corrected chi connectivity index (χ3v) is 5.95. The Morgan fingerprint density at radius 1 is 1.16 bits per heavy atom. The number of thiazole rings is 1. The molecular formula is C18H15FN2O2S2. The number of aromatic nitrogens is 1. The summed E-state index contributed by atoms with van der Waals surface area (Å²) in [6.45, 7) is 2.81. The lowest BCUT2D eigenvalue weighted by Gasteiger charge is -2.26. The van der Waals surface area contributed by atoms with Crippen molar-refractivity contribution in [2.75, 3.05) is 31.2 Å². The van der Waals surface area contributed by atoms with Crippen molar-refractivity contribution in [2.24, 2.45) is 0 Å². The minimum atomic E-state index is -0.307. The number of rotatable bonds is 4. The highest BCUT2D eigenvalue weighted by Gasteiger charge is 2.24. The zero-order valence-electron chi connectivity index (χ0n) is 13.3. The van der Waals surface area contributed by atoms with Crippen molar-refractivity contribution in [1.29, 1.82) is 0 Å². The maximum Gasteiger partial charge on any atom is 0.215 e. The van der Waals surface area contributed by atoms with Crippen LogP contribution in [-0.2, 0) is 4.74 Å². The van der Waals surface area contributed by atoms with E-state index >= 15 is 0 Å². The lowest BCUT2D eigenvalue weighted by Crippen LogP contribution is -2.36. The average Bonchev–Trinajstić information content (AvgIpc) is 3.33. The largest absolute Gasteiger partial charge is 0.378 e. The van der Waals surface area contributed by atoms with E-state index in [1.54, 1.807) is 12.1 Å². The number of carbonyl (C=O) groups is 1. The minimum absolute atomic E-state index is 0.0358. The van der Waals surface area contributed by atoms with E-state index in [0.717, 1.165) is 23.8 Å². The van der Waals surface area contributed by atoms with Gasteiger partial charge in [0.25, 0.3) is 0 Å². The van der Waals surface area contributed by atoms with Gasteiger partial charge >= 0.3 is 0 Å². The Hall–Kier alpha value is -2.09. The Morgan fingerprint density at radius 2 is 1.92 bits per heavy atom. The Kier molecular flexibility index (Phi) is 4.61. The highest BCUT2D eigenvalue weighted by atomic mass is 32.1. The number of carbonyl (C=O) groups excluding carboxylic acids is 1. The molecule has 4 nitrogen and oxygen atoms in total. The van der Waals surface area contributed by atoms with E-state index in [0.29, 0.717) is 28.7 Å². The third kappa shape index (κ3) is 3.35. The first-order valence-corrected chi connectivity index (χ1v) is 9.59. The zero-order chi connectivity index (χ0) is 17.2. The van der Waals surface area contributed by atoms with Gasteiger partial charge in [0.15, 0.2) is 5.13 Å². The highest BCUT2D eigenvalue weighted by molar-refractivity contribution is 7.19. The van der Waals surface area contributed by atoms with E-state index in [-0.39, 0.29) is 11.6 Å². The number of thiophene rings is 1. The van der Waals surface area contributed by atoms with Crippen LogP contribution in [0.2, 0.25) is 0 Å². The molecule has 0 spiro atoms. The van der Waals surface area contributed by atoms with Crippen LogP contribution in [0.3, 0.4) is 0 Å². The zero-order valence-corrected chi connectivity index (χ0v) is 14.9. The van der Waals surface area contributed by atoms with Crippen molar-refractivity contribution in [1.82, 2.24) is 4.98 Å². The van der Waals surface area contributed by atoms with Gasteiger partial charge in [0.1, 0.15) is 10.7 Å². The number of hydrogen-bond donors (Lipinski definition) is 0. The molecule has 3 heterocycles. The van der Waals surface area contributed by atoms with Crippen LogP contribution in [0.1, 0.15) is 14.5 Å². The molecule has 0 N–H and O–H groups in total. The SMILES string of the molecule is O=C(c1cccs1)c1sc(N2CCOCC2)nc1-c1ccc(F)cc1. The number of ketones is 1. The van der Waals surface area contributed by atoms with Crippen molar-refractivity contribution in [3.05, 3.63) is 57.3 Å². The maximum absolute atomic E-state index is 13.3. The van der Waals surface area contributed by atoms with E-state index < -0.39 is 0 Å². The quantitative estimate of drug-likeness (QED) is 0.646. The fraction of sp³-hybridized carbons (Fsp3) is 0.222. The van der Waals surface area contributed by atoms with Gasteiger partial charge in [-0.3, -0.25) is 4.79 Å². The number of anilines is 1. The van der Waals surface area contributed by atoms with Crippen LogP contribution in [0.25, 0.3) is 11.3 Å². The molecule has 0 saturated carbocycles. The van der Waals surface area contributed by atoms with Gasteiger partial charge in [0.05, 0.1) is 23.8 Å². The number of nitrogens with zero attached hydrogens (tertiary/aromatic N) is 2. The molecule has 7 heteroatoms. The molecule has 1 aliphatic rings. The maximum atomic E-state index is 13.3. The Bertz CT molecular complexity index is 869. The molecular weight excluding hydrogens is 359 g/mol. The van der Waals surface area contributed by atoms with Gasteiger partial charge in [-0.25, -0.2) is 9.37 Å². The minimum Gasteiger partial charge on any atom is -0.378 e. The summed E-state index contributed by atoms with van der Waals surface area (Å²) in [7, 11) is 0. The van der Waals surface area contributed by atoms with Crippen LogP contribution in [0, 0.1) is 5.82 Å². The fourth-order valence-corrected chi connectivity index (χ4v) is 4.50. The first kappa shape index (κ1) is 16.4. The van der Waals surface area contributed by atoms with Crippen molar-refractivity contribution >= 4 is 33.6 Å². The van der Waals surface area contributed by atoms with E-state index in [9.17, 15) is 9.18 Å². The molecule has 1 aromatic carbocycles. The standard InChI is InChI=1S/C18H15FN2O2S2/c19-13-5-3-12(4-6-13)15-17(16(22)14-2-1-11-24-14)25-18(20-15)21-7-9-23-10-8-21/h1-6,11H,7-10H2. The van der Waals surface area contributed by atoms with E-state index in [1.807, 2.05) is 17.5 Å². The number of benzene rings is 1. The summed E-state index contributed by atoms with van der Waals surface area (Å²) in [5, 5.41) is 2.69. The first-order chi connectivity index (χ1) is 12.2. The summed E-state index contributed by atoms with van der Waals surface area (Å²) in [6.07, 6.45) is 0. The van der Waals surface area contributed by atoms with Gasteiger partial charge < -0.3 is 9.64 Å². The molecule has 0 amide bonds. The highest BCUT2D eigenvalue weighted by Crippen LogP contribution is 2.35. The molecule has 2 aromatic heterocycles. The smallest absolute Gasteiger partial charge is 0.215 e. The molecule has 128 valence electrons. The Labute approximate surface area is 152 Å². The molecule has 0 aliphatic carbocycles. The topological polar surface area (TPSA) is 42.4 Å². The van der Waals surface area contributed by atoms with Crippen LogP contribution < -0.4 is 4.90 Å². The second-order valence-corrected chi connectivity index (χ2v) is 7.51. The average molecular weight is 374 g/mol. The van der Waals surface area contributed by atoms with Crippen LogP contribution in [-0.4, -0.2) is 37.1 Å². The number of morpholine rings is 1. The lowest BCUT2D eigenvalue weighted by molar-refractivity contribution is 0.104. The fourth-order valence-electron chi connectivity index (χ4n) is 2.68. The van der Waals surface area contributed by atoms with Crippen molar-refractivity contribution in [3.63, 3.8) is 0 Å². The van der Waals surface area contributed by atoms with Gasteiger partial charge in [-0.15, -0.1) is 11.3 Å². The van der Waals surface area contributed by atoms with Gasteiger partial charge in [0, 0.05) is 18.7 Å². The summed E-state index contributed by atoms with van der Waals surface area (Å²) in [5.41, 5.74) is 1.36. The van der Waals surface area contributed by atoms with Crippen LogP contribution in [0.15, 0.2) is 41.8 Å². The molecule has 4 rings (SSSR count). The predicted molar refractivity (Wildman–Crippen MR) is 98.3 cm³/mol. The summed E-state index contributed by atoms with van der Waals surface area (Å²) >= 11 is 2.81. The molecule has 0 radical (unpaired) electrons. The monoisotopic (exact) mass is 374 g/mol. The molecule has 1 saturated heterocycles. The van der Waals surface area contributed by atoms with Crippen LogP contribution in [0.4, 0.5) is 9.52 Å². The summed E-state index contributed by atoms with van der Waals surface area (Å²) in [5.74, 6) is -0.343. The second-order valence-electron chi connectivity index (χ2n) is 5.59. The van der Waals surface area contributed by atoms with Crippen molar-refractivity contribution in [2.45, 2.75) is 0 Å². The van der Waals surface area contributed by atoms with Crippen LogP contribution in [0.5, 0.6) is 0 Å². The molecule has 25 heavy (non-hydrogen) atoms. The molecule has 0 atom stereocenters. The molecule has 0 bridgehead atoms. The van der Waals surface area contributed by atoms with Gasteiger partial charge in [0.2, 0.25) is 5.78 Å². The molecule has 1 fully saturated rings. The summed E-state index contributed by atoms with van der Waals surface area (Å²) < 4.78 is 18.7. The molecule has 1 aliphatic heterocycles. The Morgan fingerprint density at radius 3 is 2.60 bits per heavy atom. The second kappa shape index (κ2) is 7.03. The number of ether oxygens (including phenoxy) is 1. The van der Waals surface area contributed by atoms with Crippen molar-refractivity contribution < 1.29 is 13.9 Å².